The summed E-state index contributed by atoms with van der Waals surface area (Å²) in [7, 11) is 0. The summed E-state index contributed by atoms with van der Waals surface area (Å²) in [5, 5.41) is 26.5. The van der Waals surface area contributed by atoms with E-state index in [0.29, 0.717) is 116 Å². The van der Waals surface area contributed by atoms with Crippen LogP contribution in [0, 0.1) is 6.92 Å². The lowest BCUT2D eigenvalue weighted by Gasteiger charge is -2.22. The van der Waals surface area contributed by atoms with Crippen LogP contribution >= 0.6 is 34.4 Å². The van der Waals surface area contributed by atoms with Gasteiger partial charge in [0.15, 0.2) is 61.9 Å². The Labute approximate surface area is 609 Å². The second-order valence-corrected chi connectivity index (χ2v) is 28.4. The lowest BCUT2D eigenvalue weighted by molar-refractivity contribution is 0.336. The van der Waals surface area contributed by atoms with Gasteiger partial charge in [0, 0.05) is 18.3 Å². The van der Waals surface area contributed by atoms with Crippen LogP contribution in [0.25, 0.3) is 99.4 Å². The van der Waals surface area contributed by atoms with E-state index in [2.05, 4.69) is 63.6 Å². The molecule has 0 saturated heterocycles. The van der Waals surface area contributed by atoms with Crippen LogP contribution < -0.4 is 37.1 Å². The summed E-state index contributed by atoms with van der Waals surface area (Å²) in [6, 6.07) is 20.0. The molecular formula is C71H69N25O6S3. The van der Waals surface area contributed by atoms with Crippen LogP contribution in [0.4, 0.5) is 23.3 Å². The molecule has 105 heavy (non-hydrogen) atoms. The number of nitrogens with two attached hydrogens (primary N) is 4. The van der Waals surface area contributed by atoms with Crippen molar-refractivity contribution in [2.75, 3.05) is 22.9 Å². The fourth-order valence-electron chi connectivity index (χ4n) is 14.3. The highest BCUT2D eigenvalue weighted by atomic mass is 32.1. The number of thiophene rings is 1. The second kappa shape index (κ2) is 29.1. The van der Waals surface area contributed by atoms with Crippen molar-refractivity contribution in [3.8, 4) is 78.4 Å². The first kappa shape index (κ1) is 66.3. The molecule has 4 saturated carbocycles. The van der Waals surface area contributed by atoms with E-state index >= 15 is 0 Å². The number of fused-ring (bicyclic) bond motifs is 5. The van der Waals surface area contributed by atoms with Crippen molar-refractivity contribution in [1.29, 1.82) is 0 Å². The Morgan fingerprint density at radius 3 is 1.61 bits per heavy atom. The van der Waals surface area contributed by atoms with Gasteiger partial charge < -0.3 is 50.4 Å². The molecule has 4 aliphatic rings. The normalized spacial score (nSPS) is 15.2. The minimum Gasteiger partial charge on any atom is -0.464 e. The van der Waals surface area contributed by atoms with Gasteiger partial charge in [-0.15, -0.1) is 11.3 Å². The summed E-state index contributed by atoms with van der Waals surface area (Å²) < 4.78 is 51.1. The molecule has 532 valence electrons. The zero-order valence-electron chi connectivity index (χ0n) is 56.8. The summed E-state index contributed by atoms with van der Waals surface area (Å²) >= 11 is 4.15. The van der Waals surface area contributed by atoms with Gasteiger partial charge in [0.25, 0.3) is 11.8 Å². The number of aromatic nitrogens is 21. The molecule has 0 atom stereocenters. The van der Waals surface area contributed by atoms with Gasteiger partial charge in [-0.2, -0.15) is 34.1 Å². The summed E-state index contributed by atoms with van der Waals surface area (Å²) in [6.45, 7) is 1.88. The predicted molar refractivity (Wildman–Crippen MR) is 397 cm³/mol. The number of anilines is 4. The molecular weight excluding hydrogens is 1400 g/mol. The lowest BCUT2D eigenvalue weighted by atomic mass is 9.96. The number of benzene rings is 1. The van der Waals surface area contributed by atoms with Crippen molar-refractivity contribution in [2.45, 2.75) is 140 Å². The van der Waals surface area contributed by atoms with Crippen LogP contribution in [0.3, 0.4) is 0 Å². The number of oxazole rings is 1. The quantitative estimate of drug-likeness (QED) is 0.0785. The van der Waals surface area contributed by atoms with Gasteiger partial charge in [-0.3, -0.25) is 0 Å². The zero-order chi connectivity index (χ0) is 70.9. The van der Waals surface area contributed by atoms with E-state index in [1.165, 1.54) is 130 Å². The van der Waals surface area contributed by atoms with E-state index in [1.807, 2.05) is 79.6 Å². The first-order valence-electron chi connectivity index (χ1n) is 34.8. The summed E-state index contributed by atoms with van der Waals surface area (Å²) in [6.07, 6.45) is 33.7. The third kappa shape index (κ3) is 13.3. The van der Waals surface area contributed by atoms with Crippen LogP contribution in [0.2, 0.25) is 0 Å². The Kier molecular flexibility index (Phi) is 18.4. The van der Waals surface area contributed by atoms with E-state index in [4.69, 9.17) is 70.8 Å². The first-order valence-corrected chi connectivity index (χ1v) is 37.2. The predicted octanol–water partition coefficient (Wildman–Crippen LogP) is 15.9. The minimum absolute atomic E-state index is 0.317. The van der Waals surface area contributed by atoms with Crippen LogP contribution in [-0.2, 0) is 0 Å². The SMILES string of the molecule is Cc1nsc(-c2nn(C3CCCCC3)c3ncnc(N)c23)n1.Nc1ncnc2c1c(-c1cc(Oc3ccccn3)co1)nn2C1CCCC1.Nc1ncnc2c1c(-c1nc(Oc3cccs3)co1)nn2C1CCCC1.Nc1ncnc2c1c(-c1sncc1Oc1cccc3occc13)nn2C1CCCC1. The summed E-state index contributed by atoms with van der Waals surface area (Å²) in [4.78, 5) is 48.2. The van der Waals surface area contributed by atoms with E-state index in [0.717, 1.165) is 122 Å². The Balaban J connectivity index is 0.000000104. The third-order valence-corrected chi connectivity index (χ3v) is 21.6. The van der Waals surface area contributed by atoms with Crippen LogP contribution in [-0.4, -0.2) is 103 Å². The summed E-state index contributed by atoms with van der Waals surface area (Å²) in [5.74, 6) is 6.01. The first-order chi connectivity index (χ1) is 51.6. The van der Waals surface area contributed by atoms with Gasteiger partial charge in [0.05, 0.1) is 63.6 Å². The third-order valence-electron chi connectivity index (χ3n) is 19.2. The average Bonchev–Trinajstić information content (AvgIpc) is 1.63. The van der Waals surface area contributed by atoms with Gasteiger partial charge in [0.1, 0.15) is 94.0 Å². The molecule has 0 unspecified atom stereocenters. The molecule has 4 fully saturated rings. The number of nitrogen functional groups attached to an aromatic ring is 4. The number of ether oxygens (including phenoxy) is 3. The molecule has 15 heterocycles. The van der Waals surface area contributed by atoms with E-state index in [9.17, 15) is 0 Å². The highest BCUT2D eigenvalue weighted by molar-refractivity contribution is 7.11. The van der Waals surface area contributed by atoms with Gasteiger partial charge in [0.2, 0.25) is 5.88 Å². The highest BCUT2D eigenvalue weighted by Gasteiger charge is 2.32. The van der Waals surface area contributed by atoms with Crippen LogP contribution in [0.5, 0.6) is 34.1 Å². The molecule has 31 nitrogen and oxygen atoms in total. The fraction of sp³-hybridized carbons (Fsp3) is 0.310. The number of furan rings is 2. The van der Waals surface area contributed by atoms with Crippen molar-refractivity contribution in [3.05, 3.63) is 128 Å². The maximum atomic E-state index is 6.26. The average molecular weight is 1460 g/mol. The molecule has 0 aliphatic heterocycles. The van der Waals surface area contributed by atoms with E-state index in [1.54, 1.807) is 30.8 Å². The van der Waals surface area contributed by atoms with Crippen molar-refractivity contribution in [3.63, 3.8) is 0 Å². The van der Waals surface area contributed by atoms with E-state index in [-0.39, 0.29) is 0 Å². The molecule has 0 spiro atoms. The molecule has 0 amide bonds. The fourth-order valence-corrected chi connectivity index (χ4v) is 16.2. The molecule has 34 heteroatoms. The smallest absolute Gasteiger partial charge is 0.259 e. The van der Waals surface area contributed by atoms with Gasteiger partial charge in [-0.05, 0) is 123 Å². The Morgan fingerprint density at radius 1 is 0.476 bits per heavy atom. The molecule has 15 aromatic heterocycles. The maximum Gasteiger partial charge on any atom is 0.259 e. The Hall–Kier alpha value is -11.9. The molecule has 16 aromatic rings. The largest absolute Gasteiger partial charge is 0.464 e. The van der Waals surface area contributed by atoms with Gasteiger partial charge in [-0.25, -0.2) is 68.6 Å². The molecule has 8 N–H and O–H groups in total. The molecule has 20 rings (SSSR count). The minimum atomic E-state index is 0.317. The zero-order valence-corrected chi connectivity index (χ0v) is 59.2. The lowest BCUT2D eigenvalue weighted by Crippen LogP contribution is -2.14. The van der Waals surface area contributed by atoms with E-state index < -0.39 is 0 Å². The number of nitrogens with zero attached hydrogens (tertiary/aromatic N) is 21. The monoisotopic (exact) mass is 1460 g/mol. The number of hydrogen-bond acceptors (Lipinski definition) is 30. The highest BCUT2D eigenvalue weighted by Crippen LogP contribution is 2.46. The Morgan fingerprint density at radius 2 is 1.04 bits per heavy atom. The molecule has 4 aliphatic carbocycles. The second-order valence-electron chi connectivity index (χ2n) is 25.9. The maximum absolute atomic E-state index is 6.26. The number of rotatable bonds is 14. The van der Waals surface area contributed by atoms with Gasteiger partial charge >= 0.3 is 0 Å². The van der Waals surface area contributed by atoms with Crippen LogP contribution in [0.15, 0.2) is 136 Å². The Bertz CT molecular complexity index is 5690. The number of pyridine rings is 1. The van der Waals surface area contributed by atoms with Crippen molar-refractivity contribution in [1.82, 2.24) is 103 Å². The molecule has 0 radical (unpaired) electrons. The van der Waals surface area contributed by atoms with Crippen molar-refractivity contribution in [2.24, 2.45) is 0 Å². The van der Waals surface area contributed by atoms with Crippen molar-refractivity contribution >= 4 is 113 Å². The van der Waals surface area contributed by atoms with Gasteiger partial charge in [-0.1, -0.05) is 69.9 Å². The number of aryl methyl sites for hydroxylation is 1. The standard InChI is InChI=1S/C21H18N6O2S.C19H18N6O2.C17H16N6O2S.C14H17N7S/c22-20-17-18(26-27(12-4-1-2-5-12)21(17)24-11-23-20)19-16(10-25-30-19)29-15-7-3-6-14-13(15)8-9-28-14;20-18-16-17(14-9-13(10-26-14)27-15-7-3-4-8-21-15)24-25(12-5-1-2-6-12)19(16)23-11-22-18;18-15-13-14(17-21-11(8-24-17)25-12-6-3-7-26-12)22-23(10-4-1-2-5-10)16(13)20-9-19-15;1-8-18-14(22-20-8)11-10-12(15)16-7-17-13(10)21(19-11)9-5-3-2-4-6-9/h3,6-12H,1-2,4-5H2,(H2,22,23,24);3-4,7-12H,1-2,5-6H2,(H2,20,22,23);3,6-10H,1-2,4-5H2,(H2,18,19,20);7,9H,2-6H2,1H3,(H2,15,16,17). The van der Waals surface area contributed by atoms with Crippen molar-refractivity contribution < 1.29 is 27.5 Å². The molecule has 1 aromatic carbocycles. The summed E-state index contributed by atoms with van der Waals surface area (Å²) in [5.41, 5.74) is 31.1. The van der Waals surface area contributed by atoms with Crippen LogP contribution in [0.1, 0.15) is 139 Å². The topological polar surface area (TPSA) is 410 Å². The molecule has 0 bridgehead atoms. The number of hydrogen-bond donors (Lipinski definition) is 4.